The van der Waals surface area contributed by atoms with Crippen molar-refractivity contribution in [2.24, 2.45) is 0 Å². The fourth-order valence-corrected chi connectivity index (χ4v) is 4.47. The van der Waals surface area contributed by atoms with Crippen LogP contribution in [-0.2, 0) is 11.0 Å². The number of aromatic nitrogens is 1. The molecule has 1 aromatic heterocycles. The van der Waals surface area contributed by atoms with E-state index in [-0.39, 0.29) is 17.3 Å². The van der Waals surface area contributed by atoms with Crippen molar-refractivity contribution in [3.8, 4) is 0 Å². The third-order valence-electron chi connectivity index (χ3n) is 5.04. The Morgan fingerprint density at radius 2 is 1.66 bits per heavy atom. The van der Waals surface area contributed by atoms with Crippen LogP contribution in [0.2, 0.25) is 0 Å². The third-order valence-corrected chi connectivity index (χ3v) is 6.64. The maximum absolute atomic E-state index is 12.9. The summed E-state index contributed by atoms with van der Waals surface area (Å²) in [6.07, 6.45) is -1.26. The number of fused-ring (bicyclic) bond motifs is 1. The number of carbonyl (C=O) groups excluding carboxylic acids is 2. The first kappa shape index (κ1) is 22.5. The summed E-state index contributed by atoms with van der Waals surface area (Å²) >= 11 is 3.88. The van der Waals surface area contributed by atoms with E-state index < -0.39 is 11.2 Å². The second kappa shape index (κ2) is 9.03. The highest BCUT2D eigenvalue weighted by atomic mass is 79.9. The number of nitrogens with zero attached hydrogens (tertiary/aromatic N) is 3. The molecule has 1 aliphatic heterocycles. The summed E-state index contributed by atoms with van der Waals surface area (Å²) in [5, 5.41) is -0.930. The van der Waals surface area contributed by atoms with E-state index in [1.165, 1.54) is 24.3 Å². The van der Waals surface area contributed by atoms with E-state index in [4.69, 9.17) is 0 Å². The molecule has 0 radical (unpaired) electrons. The zero-order valence-electron chi connectivity index (χ0n) is 16.6. The highest BCUT2D eigenvalue weighted by Gasteiger charge is 2.35. The second-order valence-corrected chi connectivity index (χ2v) is 9.15. The van der Waals surface area contributed by atoms with Crippen LogP contribution in [0.15, 0.2) is 53.0 Å². The van der Waals surface area contributed by atoms with Crippen molar-refractivity contribution >= 4 is 55.4 Å². The van der Waals surface area contributed by atoms with Crippen molar-refractivity contribution in [3.63, 3.8) is 0 Å². The molecule has 2 amide bonds. The van der Waals surface area contributed by atoms with Gasteiger partial charge >= 0.3 is 6.18 Å². The number of hydrogen-bond donors (Lipinski definition) is 0. The van der Waals surface area contributed by atoms with E-state index in [2.05, 4.69) is 20.9 Å². The summed E-state index contributed by atoms with van der Waals surface area (Å²) in [5.74, 6) is -0.405. The van der Waals surface area contributed by atoms with Crippen LogP contribution in [0.25, 0.3) is 16.3 Å². The molecule has 1 aliphatic rings. The van der Waals surface area contributed by atoms with Gasteiger partial charge in [-0.25, -0.2) is 4.98 Å². The fourth-order valence-electron chi connectivity index (χ4n) is 3.34. The van der Waals surface area contributed by atoms with E-state index in [0.29, 0.717) is 47.8 Å². The normalized spacial score (nSPS) is 15.0. The van der Waals surface area contributed by atoms with Crippen molar-refractivity contribution in [3.05, 3.63) is 69.1 Å². The van der Waals surface area contributed by atoms with Crippen molar-refractivity contribution in [1.82, 2.24) is 14.8 Å². The predicted molar refractivity (Wildman–Crippen MR) is 120 cm³/mol. The van der Waals surface area contributed by atoms with Gasteiger partial charge in [0.25, 0.3) is 5.91 Å². The van der Waals surface area contributed by atoms with Crippen LogP contribution >= 0.6 is 27.3 Å². The van der Waals surface area contributed by atoms with Crippen molar-refractivity contribution in [2.75, 3.05) is 26.2 Å². The van der Waals surface area contributed by atoms with Gasteiger partial charge in [-0.1, -0.05) is 28.1 Å². The quantitative estimate of drug-likeness (QED) is 0.450. The molecular weight excluding hydrogens is 507 g/mol. The Kier molecular flexibility index (Phi) is 6.34. The summed E-state index contributed by atoms with van der Waals surface area (Å²) in [4.78, 5) is 32.1. The van der Waals surface area contributed by atoms with Gasteiger partial charge in [-0.2, -0.15) is 13.2 Å². The molecule has 0 N–H and O–H groups in total. The molecule has 0 aliphatic carbocycles. The summed E-state index contributed by atoms with van der Waals surface area (Å²) in [6.45, 7) is 1.48. The first-order valence-corrected chi connectivity index (χ1v) is 11.3. The first-order chi connectivity index (χ1) is 15.2. The molecule has 0 saturated carbocycles. The number of carbonyl (C=O) groups is 2. The molecule has 4 rings (SSSR count). The largest absolute Gasteiger partial charge is 0.443 e. The van der Waals surface area contributed by atoms with Crippen LogP contribution in [0.1, 0.15) is 20.9 Å². The lowest BCUT2D eigenvalue weighted by Gasteiger charge is -2.34. The molecule has 1 fully saturated rings. The van der Waals surface area contributed by atoms with Gasteiger partial charge in [0.2, 0.25) is 5.91 Å². The highest BCUT2D eigenvalue weighted by Crippen LogP contribution is 2.35. The van der Waals surface area contributed by atoms with Gasteiger partial charge in [0, 0.05) is 42.3 Å². The average Bonchev–Trinajstić information content (AvgIpc) is 3.22. The zero-order chi connectivity index (χ0) is 22.9. The number of rotatable bonds is 3. The molecule has 3 aromatic rings. The molecule has 2 heterocycles. The topological polar surface area (TPSA) is 53.5 Å². The lowest BCUT2D eigenvalue weighted by Crippen LogP contribution is -2.50. The Bertz CT molecular complexity index is 1180. The first-order valence-electron chi connectivity index (χ1n) is 9.70. The maximum Gasteiger partial charge on any atom is 0.443 e. The number of alkyl halides is 3. The van der Waals surface area contributed by atoms with Crippen LogP contribution < -0.4 is 0 Å². The van der Waals surface area contributed by atoms with Crippen molar-refractivity contribution < 1.29 is 22.8 Å². The van der Waals surface area contributed by atoms with Crippen LogP contribution in [-0.4, -0.2) is 52.8 Å². The van der Waals surface area contributed by atoms with Crippen LogP contribution in [0.3, 0.4) is 0 Å². The summed E-state index contributed by atoms with van der Waals surface area (Å²) in [6, 6.07) is 11.9. The minimum Gasteiger partial charge on any atom is -0.336 e. The third kappa shape index (κ3) is 5.02. The molecule has 2 aromatic carbocycles. The standard InChI is InChI=1S/C22H17BrF3N3O2S/c23-16-5-1-14(2-6-16)3-8-19(30)28-9-11-29(12-10-28)20(31)15-4-7-17-18(13-15)32-21(27-17)22(24,25)26/h1-8,13H,9-12H2/b8-3+. The van der Waals surface area contributed by atoms with E-state index >= 15 is 0 Å². The number of halogens is 4. The Balaban J connectivity index is 1.37. The lowest BCUT2D eigenvalue weighted by molar-refractivity contribution is -0.137. The van der Waals surface area contributed by atoms with Crippen LogP contribution in [0.5, 0.6) is 0 Å². The minimum atomic E-state index is -4.51. The van der Waals surface area contributed by atoms with Gasteiger partial charge < -0.3 is 9.80 Å². The van der Waals surface area contributed by atoms with Crippen LogP contribution in [0.4, 0.5) is 13.2 Å². The summed E-state index contributed by atoms with van der Waals surface area (Å²) in [7, 11) is 0. The van der Waals surface area contributed by atoms with Gasteiger partial charge in [-0.3, -0.25) is 9.59 Å². The second-order valence-electron chi connectivity index (χ2n) is 7.20. The Morgan fingerprint density at radius 3 is 2.31 bits per heavy atom. The van der Waals surface area contributed by atoms with E-state index in [0.717, 1.165) is 10.0 Å². The Hall–Kier alpha value is -2.72. The number of hydrogen-bond acceptors (Lipinski definition) is 4. The number of piperazine rings is 1. The van der Waals surface area contributed by atoms with Gasteiger partial charge in [0.15, 0.2) is 5.01 Å². The van der Waals surface area contributed by atoms with E-state index in [9.17, 15) is 22.8 Å². The highest BCUT2D eigenvalue weighted by molar-refractivity contribution is 9.10. The summed E-state index contributed by atoms with van der Waals surface area (Å²) < 4.78 is 39.9. The van der Waals surface area contributed by atoms with E-state index in [1.54, 1.807) is 15.9 Å². The molecule has 10 heteroatoms. The molecule has 0 atom stereocenters. The zero-order valence-corrected chi connectivity index (χ0v) is 19.0. The maximum atomic E-state index is 12.9. The van der Waals surface area contributed by atoms with Gasteiger partial charge in [0.05, 0.1) is 10.2 Å². The lowest BCUT2D eigenvalue weighted by atomic mass is 10.1. The smallest absolute Gasteiger partial charge is 0.336 e. The fraction of sp³-hybridized carbons (Fsp3) is 0.227. The molecule has 0 bridgehead atoms. The number of benzene rings is 2. The van der Waals surface area contributed by atoms with Gasteiger partial charge in [-0.15, -0.1) is 11.3 Å². The molecule has 166 valence electrons. The van der Waals surface area contributed by atoms with Crippen LogP contribution in [0, 0.1) is 0 Å². The monoisotopic (exact) mass is 523 g/mol. The molecule has 1 saturated heterocycles. The number of amides is 2. The van der Waals surface area contributed by atoms with Gasteiger partial charge in [0.1, 0.15) is 0 Å². The number of thiazole rings is 1. The Labute approximate surface area is 194 Å². The van der Waals surface area contributed by atoms with Crippen molar-refractivity contribution in [1.29, 1.82) is 0 Å². The molecule has 0 spiro atoms. The Morgan fingerprint density at radius 1 is 1.00 bits per heavy atom. The van der Waals surface area contributed by atoms with E-state index in [1.807, 2.05) is 24.3 Å². The van der Waals surface area contributed by atoms with Crippen molar-refractivity contribution in [2.45, 2.75) is 6.18 Å². The summed E-state index contributed by atoms with van der Waals surface area (Å²) in [5.41, 5.74) is 1.43. The molecular formula is C22H17BrF3N3O2S. The average molecular weight is 524 g/mol. The SMILES string of the molecule is O=C(/C=C/c1ccc(Br)cc1)N1CCN(C(=O)c2ccc3nc(C(F)(F)F)sc3c2)CC1. The molecule has 0 unspecified atom stereocenters. The predicted octanol–water partition coefficient (Wildman–Crippen LogP) is 5.08. The minimum absolute atomic E-state index is 0.134. The molecule has 32 heavy (non-hydrogen) atoms. The molecule has 5 nitrogen and oxygen atoms in total. The van der Waals surface area contributed by atoms with Gasteiger partial charge in [-0.05, 0) is 42.0 Å².